The number of carbonyl (C=O) groups is 1. The highest BCUT2D eigenvalue weighted by Gasteiger charge is 2.08. The van der Waals surface area contributed by atoms with Crippen LogP contribution in [0.3, 0.4) is 0 Å². The van der Waals surface area contributed by atoms with Crippen LogP contribution in [0.5, 0.6) is 0 Å². The molecule has 1 aromatic carbocycles. The van der Waals surface area contributed by atoms with E-state index < -0.39 is 0 Å². The fraction of sp³-hybridized carbons (Fsp3) is 0.333. The minimum absolute atomic E-state index is 0.275. The van der Waals surface area contributed by atoms with E-state index in [0.717, 1.165) is 5.56 Å². The Kier molecular flexibility index (Phi) is 7.52. The van der Waals surface area contributed by atoms with Gasteiger partial charge in [-0.15, -0.1) is 0 Å². The van der Waals surface area contributed by atoms with E-state index in [0.29, 0.717) is 38.0 Å². The van der Waals surface area contributed by atoms with E-state index in [2.05, 4.69) is 20.9 Å². The molecule has 0 aliphatic carbocycles. The SMILES string of the molecule is CCOCCNC(=NC)NCc1cccc(NC(=O)c2ccco2)c1. The number of furan rings is 1. The van der Waals surface area contributed by atoms with E-state index in [4.69, 9.17) is 9.15 Å². The smallest absolute Gasteiger partial charge is 0.291 e. The molecule has 1 amide bonds. The molecular weight excluding hydrogens is 320 g/mol. The number of nitrogens with zero attached hydrogens (tertiary/aromatic N) is 1. The molecule has 0 aliphatic heterocycles. The fourth-order valence-electron chi connectivity index (χ4n) is 2.15. The Morgan fingerprint density at radius 1 is 1.24 bits per heavy atom. The summed E-state index contributed by atoms with van der Waals surface area (Å²) in [5, 5.41) is 9.21. The average Bonchev–Trinajstić information content (AvgIpc) is 3.16. The summed E-state index contributed by atoms with van der Waals surface area (Å²) >= 11 is 0. The first-order chi connectivity index (χ1) is 12.2. The second-order valence-corrected chi connectivity index (χ2v) is 5.18. The van der Waals surface area contributed by atoms with Crippen LogP contribution in [0.2, 0.25) is 0 Å². The first-order valence-corrected chi connectivity index (χ1v) is 8.19. The number of amides is 1. The van der Waals surface area contributed by atoms with Crippen LogP contribution in [0.25, 0.3) is 0 Å². The Balaban J connectivity index is 1.85. The van der Waals surface area contributed by atoms with Crippen LogP contribution in [0, 0.1) is 0 Å². The molecular formula is C18H24N4O3. The molecule has 0 aliphatic rings. The number of ether oxygens (including phenoxy) is 1. The summed E-state index contributed by atoms with van der Waals surface area (Å²) in [4.78, 5) is 16.2. The van der Waals surface area contributed by atoms with Crippen molar-refractivity contribution in [3.8, 4) is 0 Å². The molecule has 7 nitrogen and oxygen atoms in total. The van der Waals surface area contributed by atoms with Gasteiger partial charge in [-0.3, -0.25) is 9.79 Å². The number of hydrogen-bond acceptors (Lipinski definition) is 4. The molecule has 0 bridgehead atoms. The Bertz CT molecular complexity index is 683. The third-order valence-electron chi connectivity index (χ3n) is 3.36. The maximum absolute atomic E-state index is 12.0. The average molecular weight is 344 g/mol. The van der Waals surface area contributed by atoms with Crippen LogP contribution in [0.4, 0.5) is 5.69 Å². The molecule has 0 unspecified atom stereocenters. The summed E-state index contributed by atoms with van der Waals surface area (Å²) in [6.45, 7) is 4.56. The van der Waals surface area contributed by atoms with Gasteiger partial charge in [0.2, 0.25) is 0 Å². The first-order valence-electron chi connectivity index (χ1n) is 8.19. The summed E-state index contributed by atoms with van der Waals surface area (Å²) in [6, 6.07) is 10.9. The van der Waals surface area contributed by atoms with Crippen molar-refractivity contribution in [3.63, 3.8) is 0 Å². The van der Waals surface area contributed by atoms with Crippen LogP contribution >= 0.6 is 0 Å². The number of nitrogens with one attached hydrogen (secondary N) is 3. The van der Waals surface area contributed by atoms with Gasteiger partial charge in [0.15, 0.2) is 11.7 Å². The number of anilines is 1. The maximum atomic E-state index is 12.0. The second-order valence-electron chi connectivity index (χ2n) is 5.18. The molecule has 2 aromatic rings. The van der Waals surface area contributed by atoms with E-state index in [9.17, 15) is 4.79 Å². The van der Waals surface area contributed by atoms with E-state index in [1.807, 2.05) is 31.2 Å². The van der Waals surface area contributed by atoms with Gasteiger partial charge in [-0.2, -0.15) is 0 Å². The van der Waals surface area contributed by atoms with Gasteiger partial charge in [0.05, 0.1) is 12.9 Å². The van der Waals surface area contributed by atoms with Gasteiger partial charge in [-0.1, -0.05) is 12.1 Å². The van der Waals surface area contributed by atoms with Gasteiger partial charge in [-0.25, -0.2) is 0 Å². The van der Waals surface area contributed by atoms with Gasteiger partial charge < -0.3 is 25.1 Å². The monoisotopic (exact) mass is 344 g/mol. The molecule has 0 saturated heterocycles. The first kappa shape index (κ1) is 18.5. The molecule has 25 heavy (non-hydrogen) atoms. The van der Waals surface area contributed by atoms with Crippen LogP contribution < -0.4 is 16.0 Å². The molecule has 0 spiro atoms. The topological polar surface area (TPSA) is 87.9 Å². The van der Waals surface area contributed by atoms with Crippen molar-refractivity contribution < 1.29 is 13.9 Å². The predicted octanol–water partition coefficient (Wildman–Crippen LogP) is 2.23. The Labute approximate surface area is 147 Å². The summed E-state index contributed by atoms with van der Waals surface area (Å²) in [5.74, 6) is 0.704. The van der Waals surface area contributed by atoms with Crippen molar-refractivity contribution in [2.75, 3.05) is 32.1 Å². The number of carbonyl (C=O) groups excluding carboxylic acids is 1. The minimum Gasteiger partial charge on any atom is -0.459 e. The maximum Gasteiger partial charge on any atom is 0.291 e. The highest BCUT2D eigenvalue weighted by molar-refractivity contribution is 6.02. The highest BCUT2D eigenvalue weighted by Crippen LogP contribution is 2.12. The zero-order chi connectivity index (χ0) is 17.9. The Hall–Kier alpha value is -2.80. The van der Waals surface area contributed by atoms with Crippen molar-refractivity contribution in [3.05, 3.63) is 54.0 Å². The van der Waals surface area contributed by atoms with Crippen molar-refractivity contribution in [1.82, 2.24) is 10.6 Å². The van der Waals surface area contributed by atoms with Gasteiger partial charge in [0.25, 0.3) is 5.91 Å². The quantitative estimate of drug-likeness (QED) is 0.388. The van der Waals surface area contributed by atoms with Gasteiger partial charge in [0.1, 0.15) is 0 Å². The van der Waals surface area contributed by atoms with Gasteiger partial charge in [0, 0.05) is 32.4 Å². The van der Waals surface area contributed by atoms with Crippen LogP contribution in [-0.2, 0) is 11.3 Å². The summed E-state index contributed by atoms with van der Waals surface area (Å²) in [6.07, 6.45) is 1.47. The third-order valence-corrected chi connectivity index (χ3v) is 3.36. The second kappa shape index (κ2) is 10.1. The van der Waals surface area contributed by atoms with E-state index >= 15 is 0 Å². The van der Waals surface area contributed by atoms with Crippen molar-refractivity contribution in [2.24, 2.45) is 4.99 Å². The molecule has 2 rings (SSSR count). The lowest BCUT2D eigenvalue weighted by molar-refractivity contribution is 0.0996. The molecule has 0 fully saturated rings. The standard InChI is InChI=1S/C18H24N4O3/c1-3-24-11-9-20-18(19-2)21-13-14-6-4-7-15(12-14)22-17(23)16-8-5-10-25-16/h4-8,10,12H,3,9,11,13H2,1-2H3,(H,22,23)(H2,19,20,21). The van der Waals surface area contributed by atoms with Crippen molar-refractivity contribution >= 4 is 17.6 Å². The fourth-order valence-corrected chi connectivity index (χ4v) is 2.15. The normalized spacial score (nSPS) is 11.2. The van der Waals surface area contributed by atoms with E-state index in [1.165, 1.54) is 6.26 Å². The lowest BCUT2D eigenvalue weighted by Crippen LogP contribution is -2.38. The largest absolute Gasteiger partial charge is 0.459 e. The molecule has 0 radical (unpaired) electrons. The van der Waals surface area contributed by atoms with Gasteiger partial charge in [-0.05, 0) is 36.8 Å². The third kappa shape index (κ3) is 6.31. The number of guanidine groups is 1. The minimum atomic E-state index is -0.275. The number of benzene rings is 1. The lowest BCUT2D eigenvalue weighted by atomic mass is 10.2. The highest BCUT2D eigenvalue weighted by atomic mass is 16.5. The van der Waals surface area contributed by atoms with Gasteiger partial charge >= 0.3 is 0 Å². The Morgan fingerprint density at radius 2 is 2.12 bits per heavy atom. The number of aliphatic imine (C=N–C) groups is 1. The zero-order valence-electron chi connectivity index (χ0n) is 14.5. The van der Waals surface area contributed by atoms with Crippen molar-refractivity contribution in [2.45, 2.75) is 13.5 Å². The van der Waals surface area contributed by atoms with E-state index in [-0.39, 0.29) is 11.7 Å². The predicted molar refractivity (Wildman–Crippen MR) is 97.8 cm³/mol. The number of rotatable bonds is 8. The summed E-state index contributed by atoms with van der Waals surface area (Å²) < 4.78 is 10.4. The summed E-state index contributed by atoms with van der Waals surface area (Å²) in [5.41, 5.74) is 1.73. The Morgan fingerprint density at radius 3 is 2.84 bits per heavy atom. The molecule has 134 valence electrons. The lowest BCUT2D eigenvalue weighted by Gasteiger charge is -2.12. The van der Waals surface area contributed by atoms with Crippen LogP contribution in [-0.4, -0.2) is 38.7 Å². The number of hydrogen-bond donors (Lipinski definition) is 3. The summed E-state index contributed by atoms with van der Waals surface area (Å²) in [7, 11) is 1.72. The molecule has 3 N–H and O–H groups in total. The molecule has 0 atom stereocenters. The van der Waals surface area contributed by atoms with Crippen molar-refractivity contribution in [1.29, 1.82) is 0 Å². The van der Waals surface area contributed by atoms with E-state index in [1.54, 1.807) is 19.2 Å². The molecule has 7 heteroatoms. The zero-order valence-corrected chi connectivity index (χ0v) is 14.5. The van der Waals surface area contributed by atoms with Crippen LogP contribution in [0.1, 0.15) is 23.0 Å². The van der Waals surface area contributed by atoms with Crippen LogP contribution in [0.15, 0.2) is 52.1 Å². The molecule has 0 saturated carbocycles. The molecule has 1 heterocycles. The molecule has 1 aromatic heterocycles.